The van der Waals surface area contributed by atoms with E-state index in [2.05, 4.69) is 0 Å². The summed E-state index contributed by atoms with van der Waals surface area (Å²) in [6.45, 7) is 6.17. The Balaban J connectivity index is 2.18. The van der Waals surface area contributed by atoms with Gasteiger partial charge in [-0.1, -0.05) is 0 Å². The quantitative estimate of drug-likeness (QED) is 0.792. The summed E-state index contributed by atoms with van der Waals surface area (Å²) in [5.74, 6) is 1.86. The smallest absolute Gasteiger partial charge is 0.169 e. The van der Waals surface area contributed by atoms with Gasteiger partial charge in [-0.05, 0) is 6.92 Å². The van der Waals surface area contributed by atoms with E-state index in [0.717, 1.165) is 16.7 Å². The van der Waals surface area contributed by atoms with Gasteiger partial charge >= 0.3 is 0 Å². The molecule has 1 atom stereocenters. The average molecular weight is 368 g/mol. The molecule has 0 spiro atoms. The molecular weight excluding hydrogens is 340 g/mol. The molecule has 8 nitrogen and oxygen atoms in total. The van der Waals surface area contributed by atoms with Crippen LogP contribution in [0.15, 0.2) is 0 Å². The van der Waals surface area contributed by atoms with Crippen LogP contribution in [0.4, 0.5) is 0 Å². The Kier molecular flexibility index (Phi) is 6.93. The van der Waals surface area contributed by atoms with E-state index in [-0.39, 0.29) is 19.2 Å². The van der Waals surface area contributed by atoms with Crippen LogP contribution in [0.5, 0.6) is 17.2 Å². The highest BCUT2D eigenvalue weighted by Gasteiger charge is 2.30. The molecule has 0 fully saturated rings. The third-order valence-electron chi connectivity index (χ3n) is 4.43. The van der Waals surface area contributed by atoms with Gasteiger partial charge in [0.2, 0.25) is 0 Å². The Morgan fingerprint density at radius 3 is 1.77 bits per heavy atom. The highest BCUT2D eigenvalue weighted by atomic mass is 16.6. The first kappa shape index (κ1) is 19.2. The fraction of sp³-hybridized carbons (Fsp3) is 0.667. The maximum atomic E-state index is 6.11. The van der Waals surface area contributed by atoms with Crippen LogP contribution in [0.3, 0.4) is 0 Å². The minimum absolute atomic E-state index is 0.242. The van der Waals surface area contributed by atoms with Gasteiger partial charge in [-0.15, -0.1) is 0 Å². The van der Waals surface area contributed by atoms with Crippen molar-refractivity contribution in [1.82, 2.24) is 0 Å². The van der Waals surface area contributed by atoms with Gasteiger partial charge in [0, 0.05) is 24.2 Å². The van der Waals surface area contributed by atoms with Gasteiger partial charge < -0.3 is 39.9 Å². The summed E-state index contributed by atoms with van der Waals surface area (Å²) in [6, 6.07) is 0. The van der Waals surface area contributed by atoms with Crippen LogP contribution in [0.25, 0.3) is 0 Å². The van der Waals surface area contributed by atoms with Crippen LogP contribution in [0.1, 0.15) is 29.7 Å². The van der Waals surface area contributed by atoms with E-state index < -0.39 is 0 Å². The summed E-state index contributed by atoms with van der Waals surface area (Å²) < 4.78 is 34.9. The van der Waals surface area contributed by atoms with Crippen LogP contribution >= 0.6 is 0 Å². The van der Waals surface area contributed by atoms with E-state index in [1.807, 2.05) is 6.92 Å². The summed E-state index contributed by atoms with van der Waals surface area (Å²) in [4.78, 5) is 0. The molecule has 0 amide bonds. The van der Waals surface area contributed by atoms with E-state index >= 15 is 0 Å². The second-order valence-corrected chi connectivity index (χ2v) is 6.05. The van der Waals surface area contributed by atoms with Crippen molar-refractivity contribution in [1.29, 1.82) is 0 Å². The molecule has 0 radical (unpaired) electrons. The fourth-order valence-corrected chi connectivity index (χ4v) is 3.27. The molecule has 26 heavy (non-hydrogen) atoms. The fourth-order valence-electron chi connectivity index (χ4n) is 3.27. The van der Waals surface area contributed by atoms with Gasteiger partial charge in [-0.25, -0.2) is 0 Å². The third-order valence-corrected chi connectivity index (χ3v) is 4.43. The number of benzene rings is 1. The van der Waals surface area contributed by atoms with Crippen LogP contribution in [0, 0.1) is 0 Å². The molecule has 1 aromatic carbocycles. The summed E-state index contributed by atoms with van der Waals surface area (Å²) in [7, 11) is 0. The first-order chi connectivity index (χ1) is 12.8. The zero-order chi connectivity index (χ0) is 18.4. The molecular formula is C18H28N2O6. The van der Waals surface area contributed by atoms with Crippen molar-refractivity contribution >= 4 is 0 Å². The van der Waals surface area contributed by atoms with Crippen molar-refractivity contribution in [3.8, 4) is 17.2 Å². The van der Waals surface area contributed by atoms with Crippen molar-refractivity contribution in [2.75, 3.05) is 52.9 Å². The molecule has 0 saturated heterocycles. The molecule has 1 aromatic rings. The lowest BCUT2D eigenvalue weighted by molar-refractivity contribution is -0.00339. The second kappa shape index (κ2) is 9.38. The molecule has 2 aliphatic heterocycles. The van der Waals surface area contributed by atoms with Crippen molar-refractivity contribution in [3.05, 3.63) is 16.7 Å². The third kappa shape index (κ3) is 4.05. The summed E-state index contributed by atoms with van der Waals surface area (Å²) >= 11 is 0. The summed E-state index contributed by atoms with van der Waals surface area (Å²) in [5.41, 5.74) is 14.6. The SMILES string of the molecule is CC1OCCOCCOc2c(CN)c3c(c(CN)c21)OCCOCCO3. The Morgan fingerprint density at radius 1 is 0.692 bits per heavy atom. The zero-order valence-electron chi connectivity index (χ0n) is 15.3. The highest BCUT2D eigenvalue weighted by molar-refractivity contribution is 5.64. The number of ether oxygens (including phenoxy) is 6. The maximum absolute atomic E-state index is 6.11. The zero-order valence-corrected chi connectivity index (χ0v) is 15.3. The maximum Gasteiger partial charge on any atom is 0.169 e. The van der Waals surface area contributed by atoms with Crippen molar-refractivity contribution < 1.29 is 28.4 Å². The molecule has 0 aliphatic carbocycles. The predicted octanol–water partition coefficient (Wildman–Crippen LogP) is 0.878. The predicted molar refractivity (Wildman–Crippen MR) is 94.7 cm³/mol. The van der Waals surface area contributed by atoms with Gasteiger partial charge in [-0.3, -0.25) is 0 Å². The van der Waals surface area contributed by atoms with Crippen LogP contribution in [0.2, 0.25) is 0 Å². The van der Waals surface area contributed by atoms with Gasteiger partial charge in [-0.2, -0.15) is 0 Å². The lowest BCUT2D eigenvalue weighted by Crippen LogP contribution is -2.21. The number of hydrogen-bond donors (Lipinski definition) is 2. The van der Waals surface area contributed by atoms with Crippen molar-refractivity contribution in [2.45, 2.75) is 26.1 Å². The number of hydrogen-bond acceptors (Lipinski definition) is 8. The molecule has 0 bridgehead atoms. The Morgan fingerprint density at radius 2 is 1.19 bits per heavy atom. The molecule has 146 valence electrons. The van der Waals surface area contributed by atoms with E-state index in [4.69, 9.17) is 39.9 Å². The molecule has 0 saturated carbocycles. The Labute approximate surface area is 153 Å². The van der Waals surface area contributed by atoms with E-state index in [1.54, 1.807) is 0 Å². The molecule has 2 aliphatic rings. The topological polar surface area (TPSA) is 107 Å². The van der Waals surface area contributed by atoms with Crippen LogP contribution in [-0.2, 0) is 27.3 Å². The van der Waals surface area contributed by atoms with E-state index in [1.165, 1.54) is 0 Å². The minimum atomic E-state index is -0.242. The Bertz CT molecular complexity index is 610. The Hall–Kier alpha value is -1.58. The lowest BCUT2D eigenvalue weighted by atomic mass is 9.95. The number of rotatable bonds is 2. The summed E-state index contributed by atoms with van der Waals surface area (Å²) in [6.07, 6.45) is -0.242. The van der Waals surface area contributed by atoms with E-state index in [9.17, 15) is 0 Å². The monoisotopic (exact) mass is 368 g/mol. The van der Waals surface area contributed by atoms with Gasteiger partial charge in [0.1, 0.15) is 25.6 Å². The minimum Gasteiger partial charge on any atom is -0.490 e. The van der Waals surface area contributed by atoms with Gasteiger partial charge in [0.15, 0.2) is 11.5 Å². The molecule has 3 rings (SSSR count). The highest BCUT2D eigenvalue weighted by Crippen LogP contribution is 2.47. The second-order valence-electron chi connectivity index (χ2n) is 6.05. The molecule has 0 aromatic heterocycles. The molecule has 8 heteroatoms. The normalized spacial score (nSPS) is 21.6. The van der Waals surface area contributed by atoms with E-state index in [0.29, 0.717) is 70.1 Å². The van der Waals surface area contributed by atoms with Crippen LogP contribution in [-0.4, -0.2) is 52.9 Å². The van der Waals surface area contributed by atoms with Crippen molar-refractivity contribution in [2.24, 2.45) is 11.5 Å². The first-order valence-electron chi connectivity index (χ1n) is 9.05. The molecule has 2 heterocycles. The first-order valence-corrected chi connectivity index (χ1v) is 9.05. The molecule has 1 unspecified atom stereocenters. The largest absolute Gasteiger partial charge is 0.490 e. The van der Waals surface area contributed by atoms with Crippen LogP contribution < -0.4 is 25.7 Å². The van der Waals surface area contributed by atoms with Gasteiger partial charge in [0.05, 0.1) is 44.7 Å². The summed E-state index contributed by atoms with van der Waals surface area (Å²) in [5, 5.41) is 0. The number of nitrogens with two attached hydrogens (primary N) is 2. The van der Waals surface area contributed by atoms with Crippen molar-refractivity contribution in [3.63, 3.8) is 0 Å². The number of fused-ring (bicyclic) bond motifs is 2. The average Bonchev–Trinajstić information content (AvgIpc) is 2.77. The van der Waals surface area contributed by atoms with Gasteiger partial charge in [0.25, 0.3) is 0 Å². The lowest BCUT2D eigenvalue weighted by Gasteiger charge is -2.28. The molecule has 4 N–H and O–H groups in total. The standard InChI is InChI=1S/C18H28N2O6/c1-12-15-13(10-19)17-18(26-9-5-22-4-8-25-17)14(11-20)16(15)24-7-3-21-2-6-23-12/h12H,2-11,19-20H2,1H3.